The lowest BCUT2D eigenvalue weighted by Crippen LogP contribution is -2.50. The summed E-state index contributed by atoms with van der Waals surface area (Å²) in [6.07, 6.45) is 1.69. The number of rotatable bonds is 2. The van der Waals surface area contributed by atoms with E-state index in [1.54, 1.807) is 6.20 Å². The van der Waals surface area contributed by atoms with Crippen molar-refractivity contribution < 1.29 is 5.11 Å². The Labute approximate surface area is 81.5 Å². The number of nitrogens with one attached hydrogen (secondary N) is 1. The van der Waals surface area contributed by atoms with Crippen LogP contribution in [0.5, 0.6) is 0 Å². The Morgan fingerprint density at radius 1 is 1.85 bits per heavy atom. The molecule has 0 spiro atoms. The minimum Gasteiger partial charge on any atom is -0.392 e. The number of alkyl halides is 1. The molecular formula is C8H12ClN3O. The zero-order valence-electron chi connectivity index (χ0n) is 7.37. The largest absolute Gasteiger partial charge is 0.392 e. The first kappa shape index (κ1) is 8.99. The van der Waals surface area contributed by atoms with Crippen molar-refractivity contribution in [1.29, 1.82) is 0 Å². The van der Waals surface area contributed by atoms with Crippen LogP contribution in [0.4, 0.5) is 0 Å². The second-order valence-electron chi connectivity index (χ2n) is 3.24. The summed E-state index contributed by atoms with van der Waals surface area (Å²) in [6, 6.07) is 0.224. The Kier molecular flexibility index (Phi) is 2.27. The molecule has 1 aliphatic rings. The fourth-order valence-electron chi connectivity index (χ4n) is 1.47. The van der Waals surface area contributed by atoms with Crippen LogP contribution < -0.4 is 5.32 Å². The molecular weight excluding hydrogens is 190 g/mol. The third-order valence-corrected chi connectivity index (χ3v) is 2.94. The number of aromatic nitrogens is 2. The molecule has 5 heteroatoms. The van der Waals surface area contributed by atoms with E-state index in [0.29, 0.717) is 0 Å². The molecule has 0 aliphatic carbocycles. The van der Waals surface area contributed by atoms with Crippen molar-refractivity contribution in [2.24, 2.45) is 0 Å². The highest BCUT2D eigenvalue weighted by Gasteiger charge is 2.31. The van der Waals surface area contributed by atoms with Crippen LogP contribution in [0, 0.1) is 6.92 Å². The molecule has 0 bridgehead atoms. The minimum atomic E-state index is -0.0369. The third-order valence-electron chi connectivity index (χ3n) is 2.49. The second-order valence-corrected chi connectivity index (χ2v) is 3.71. The summed E-state index contributed by atoms with van der Waals surface area (Å²) >= 11 is 5.94. The molecule has 0 aromatic carbocycles. The number of aliphatic hydroxyl groups excluding tert-OH is 1. The number of hydrogen-bond acceptors (Lipinski definition) is 3. The molecule has 1 fully saturated rings. The van der Waals surface area contributed by atoms with Crippen LogP contribution in [0.1, 0.15) is 17.3 Å². The van der Waals surface area contributed by atoms with Crippen LogP contribution in [0.15, 0.2) is 6.20 Å². The van der Waals surface area contributed by atoms with E-state index in [1.165, 1.54) is 0 Å². The van der Waals surface area contributed by atoms with E-state index in [1.807, 2.05) is 11.6 Å². The van der Waals surface area contributed by atoms with E-state index < -0.39 is 0 Å². The molecule has 2 heterocycles. The number of aliphatic hydroxyl groups is 1. The topological polar surface area (TPSA) is 50.1 Å². The molecule has 1 aromatic heterocycles. The lowest BCUT2D eigenvalue weighted by Gasteiger charge is -2.34. The van der Waals surface area contributed by atoms with E-state index in [9.17, 15) is 0 Å². The molecule has 0 amide bonds. The SMILES string of the molecule is Cc1c(CO)cnn1C1CNC1Cl. The van der Waals surface area contributed by atoms with Gasteiger partial charge in [-0.2, -0.15) is 5.10 Å². The molecule has 1 saturated heterocycles. The van der Waals surface area contributed by atoms with E-state index >= 15 is 0 Å². The van der Waals surface area contributed by atoms with Crippen molar-refractivity contribution in [3.63, 3.8) is 0 Å². The maximum Gasteiger partial charge on any atom is 0.107 e. The number of hydrogen-bond donors (Lipinski definition) is 2. The predicted octanol–water partition coefficient (Wildman–Crippen LogP) is 0.393. The third kappa shape index (κ3) is 1.35. The van der Waals surface area contributed by atoms with Gasteiger partial charge < -0.3 is 5.11 Å². The van der Waals surface area contributed by atoms with E-state index in [2.05, 4.69) is 10.4 Å². The van der Waals surface area contributed by atoms with Gasteiger partial charge in [0, 0.05) is 17.8 Å². The predicted molar refractivity (Wildman–Crippen MR) is 49.6 cm³/mol. The highest BCUT2D eigenvalue weighted by molar-refractivity contribution is 6.21. The maximum absolute atomic E-state index is 8.97. The molecule has 1 aromatic rings. The molecule has 72 valence electrons. The highest BCUT2D eigenvalue weighted by atomic mass is 35.5. The average Bonchev–Trinajstić information content (AvgIpc) is 2.46. The van der Waals surface area contributed by atoms with E-state index in [0.717, 1.165) is 17.8 Å². The zero-order chi connectivity index (χ0) is 9.42. The maximum atomic E-state index is 8.97. The molecule has 13 heavy (non-hydrogen) atoms. The van der Waals surface area contributed by atoms with Gasteiger partial charge >= 0.3 is 0 Å². The fraction of sp³-hybridized carbons (Fsp3) is 0.625. The second kappa shape index (κ2) is 3.29. The first-order valence-electron chi connectivity index (χ1n) is 4.25. The molecule has 2 atom stereocenters. The van der Waals surface area contributed by atoms with Crippen LogP contribution in [-0.2, 0) is 6.61 Å². The van der Waals surface area contributed by atoms with Crippen LogP contribution in [0.3, 0.4) is 0 Å². The summed E-state index contributed by atoms with van der Waals surface area (Å²) in [5.41, 5.74) is 1.83. The van der Waals surface area contributed by atoms with Gasteiger partial charge in [-0.25, -0.2) is 0 Å². The van der Waals surface area contributed by atoms with Gasteiger partial charge in [0.2, 0.25) is 0 Å². The van der Waals surface area contributed by atoms with Crippen molar-refractivity contribution >= 4 is 11.6 Å². The average molecular weight is 202 g/mol. The lowest BCUT2D eigenvalue weighted by atomic mass is 10.1. The summed E-state index contributed by atoms with van der Waals surface area (Å²) < 4.78 is 1.87. The first-order valence-corrected chi connectivity index (χ1v) is 4.69. The zero-order valence-corrected chi connectivity index (χ0v) is 8.12. The van der Waals surface area contributed by atoms with Crippen LogP contribution >= 0.6 is 11.6 Å². The molecule has 1 aliphatic heterocycles. The molecule has 0 radical (unpaired) electrons. The van der Waals surface area contributed by atoms with Gasteiger partial charge in [-0.15, -0.1) is 11.6 Å². The van der Waals surface area contributed by atoms with Crippen molar-refractivity contribution in [2.45, 2.75) is 25.1 Å². The summed E-state index contributed by atoms with van der Waals surface area (Å²) in [5.74, 6) is 0. The smallest absolute Gasteiger partial charge is 0.107 e. The normalized spacial score (nSPS) is 27.3. The van der Waals surface area contributed by atoms with Crippen molar-refractivity contribution in [3.8, 4) is 0 Å². The summed E-state index contributed by atoms with van der Waals surface area (Å²) in [4.78, 5) is 0. The van der Waals surface area contributed by atoms with Gasteiger partial charge in [0.25, 0.3) is 0 Å². The Morgan fingerprint density at radius 2 is 2.62 bits per heavy atom. The molecule has 2 N–H and O–H groups in total. The minimum absolute atomic E-state index is 0.0369. The Balaban J connectivity index is 2.25. The van der Waals surface area contributed by atoms with Gasteiger partial charge in [0.05, 0.1) is 18.8 Å². The van der Waals surface area contributed by atoms with Crippen LogP contribution in [0.25, 0.3) is 0 Å². The van der Waals surface area contributed by atoms with Gasteiger partial charge in [0.1, 0.15) is 5.50 Å². The Morgan fingerprint density at radius 3 is 3.00 bits per heavy atom. The van der Waals surface area contributed by atoms with Crippen molar-refractivity contribution in [3.05, 3.63) is 17.5 Å². The van der Waals surface area contributed by atoms with Gasteiger partial charge in [0.15, 0.2) is 0 Å². The summed E-state index contributed by atoms with van der Waals surface area (Å²) in [6.45, 7) is 2.83. The Bertz CT molecular complexity index is 312. The highest BCUT2D eigenvalue weighted by Crippen LogP contribution is 2.24. The first-order chi connectivity index (χ1) is 6.24. The monoisotopic (exact) mass is 201 g/mol. The Hall–Kier alpha value is -0.580. The lowest BCUT2D eigenvalue weighted by molar-refractivity contribution is 0.271. The quantitative estimate of drug-likeness (QED) is 0.538. The number of nitrogens with zero attached hydrogens (tertiary/aromatic N) is 2. The number of halogens is 1. The van der Waals surface area contributed by atoms with Gasteiger partial charge in [-0.05, 0) is 6.92 Å². The standard InChI is InChI=1S/C8H12ClN3O/c1-5-6(4-13)2-11-12(5)7-3-10-8(7)9/h2,7-8,10,13H,3-4H2,1H3. The fourth-order valence-corrected chi connectivity index (χ4v) is 1.76. The van der Waals surface area contributed by atoms with Crippen molar-refractivity contribution in [1.82, 2.24) is 15.1 Å². The van der Waals surface area contributed by atoms with Gasteiger partial charge in [-0.1, -0.05) is 0 Å². The van der Waals surface area contributed by atoms with Crippen molar-refractivity contribution in [2.75, 3.05) is 6.54 Å². The van der Waals surface area contributed by atoms with Gasteiger partial charge in [-0.3, -0.25) is 10.00 Å². The molecule has 4 nitrogen and oxygen atoms in total. The molecule has 2 rings (SSSR count). The molecule has 0 saturated carbocycles. The molecule has 2 unspecified atom stereocenters. The van der Waals surface area contributed by atoms with E-state index in [-0.39, 0.29) is 18.1 Å². The van der Waals surface area contributed by atoms with E-state index in [4.69, 9.17) is 16.7 Å². The van der Waals surface area contributed by atoms with Crippen LogP contribution in [0.2, 0.25) is 0 Å². The summed E-state index contributed by atoms with van der Waals surface area (Å²) in [7, 11) is 0. The summed E-state index contributed by atoms with van der Waals surface area (Å²) in [5, 5.41) is 16.2. The van der Waals surface area contributed by atoms with Crippen LogP contribution in [-0.4, -0.2) is 26.9 Å².